The van der Waals surface area contributed by atoms with Crippen LogP contribution in [0.5, 0.6) is 0 Å². The van der Waals surface area contributed by atoms with Crippen molar-refractivity contribution in [2.75, 3.05) is 6.54 Å². The van der Waals surface area contributed by atoms with E-state index in [9.17, 15) is 0 Å². The molecule has 2 N–H and O–H groups in total. The quantitative estimate of drug-likeness (QED) is 0.722. The van der Waals surface area contributed by atoms with E-state index < -0.39 is 0 Å². The average Bonchev–Trinajstić information content (AvgIpc) is 2.60. The molecular weight excluding hydrogens is 242 g/mol. The van der Waals surface area contributed by atoms with Gasteiger partial charge in [-0.05, 0) is 42.6 Å². The van der Waals surface area contributed by atoms with Gasteiger partial charge in [0, 0.05) is 0 Å². The Bertz CT molecular complexity index is 265. The third-order valence-corrected chi connectivity index (χ3v) is 6.66. The minimum atomic E-state index is 0.524. The molecule has 0 amide bonds. The third kappa shape index (κ3) is 4.23. The van der Waals surface area contributed by atoms with Gasteiger partial charge in [-0.3, -0.25) is 0 Å². The second-order valence-corrected chi connectivity index (χ2v) is 8.11. The minimum Gasteiger partial charge on any atom is -0.330 e. The van der Waals surface area contributed by atoms with Gasteiger partial charge >= 0.3 is 0 Å². The Hall–Kier alpha value is -0.0400. The van der Waals surface area contributed by atoms with Crippen LogP contribution in [0.1, 0.15) is 90.9 Å². The fourth-order valence-electron chi connectivity index (χ4n) is 4.84. The van der Waals surface area contributed by atoms with Crippen molar-refractivity contribution in [3.63, 3.8) is 0 Å². The number of nitrogens with two attached hydrogens (primary N) is 1. The molecule has 2 fully saturated rings. The van der Waals surface area contributed by atoms with Crippen molar-refractivity contribution < 1.29 is 0 Å². The molecule has 2 saturated carbocycles. The van der Waals surface area contributed by atoms with Crippen LogP contribution in [-0.2, 0) is 0 Å². The van der Waals surface area contributed by atoms with Crippen molar-refractivity contribution in [1.29, 1.82) is 0 Å². The molecule has 2 rings (SSSR count). The zero-order valence-electron chi connectivity index (χ0n) is 14.0. The van der Waals surface area contributed by atoms with Crippen LogP contribution >= 0.6 is 0 Å². The first kappa shape index (κ1) is 16.3. The zero-order chi connectivity index (χ0) is 14.4. The van der Waals surface area contributed by atoms with E-state index >= 15 is 0 Å². The van der Waals surface area contributed by atoms with Crippen LogP contribution in [0.25, 0.3) is 0 Å². The van der Waals surface area contributed by atoms with Crippen molar-refractivity contribution >= 4 is 0 Å². The van der Waals surface area contributed by atoms with Crippen LogP contribution in [0.15, 0.2) is 0 Å². The fraction of sp³-hybridized carbons (Fsp3) is 1.00. The van der Waals surface area contributed by atoms with Gasteiger partial charge in [0.2, 0.25) is 0 Å². The maximum absolute atomic E-state index is 5.98. The van der Waals surface area contributed by atoms with Crippen molar-refractivity contribution in [1.82, 2.24) is 0 Å². The molecular formula is C19H37N. The molecule has 0 aliphatic heterocycles. The van der Waals surface area contributed by atoms with Crippen molar-refractivity contribution in [2.45, 2.75) is 90.9 Å². The van der Waals surface area contributed by atoms with E-state index in [1.807, 2.05) is 0 Å². The minimum absolute atomic E-state index is 0.524. The van der Waals surface area contributed by atoms with Gasteiger partial charge in [0.05, 0.1) is 0 Å². The summed E-state index contributed by atoms with van der Waals surface area (Å²) in [6.07, 6.45) is 17.8. The third-order valence-electron chi connectivity index (χ3n) is 6.66. The number of hydrogen-bond donors (Lipinski definition) is 1. The molecule has 3 atom stereocenters. The normalized spacial score (nSPS) is 35.9. The van der Waals surface area contributed by atoms with Gasteiger partial charge in [0.1, 0.15) is 0 Å². The van der Waals surface area contributed by atoms with E-state index in [2.05, 4.69) is 13.8 Å². The van der Waals surface area contributed by atoms with Crippen LogP contribution in [0.3, 0.4) is 0 Å². The Kier molecular flexibility index (Phi) is 6.39. The van der Waals surface area contributed by atoms with E-state index in [1.54, 1.807) is 0 Å². The smallest absolute Gasteiger partial charge is 0.00463 e. The Morgan fingerprint density at radius 2 is 1.45 bits per heavy atom. The molecule has 0 spiro atoms. The molecule has 0 radical (unpaired) electrons. The molecule has 2 aliphatic carbocycles. The highest BCUT2D eigenvalue weighted by atomic mass is 14.6. The van der Waals surface area contributed by atoms with Crippen LogP contribution in [0.2, 0.25) is 0 Å². The van der Waals surface area contributed by atoms with Crippen LogP contribution in [-0.4, -0.2) is 6.54 Å². The van der Waals surface area contributed by atoms with E-state index in [0.29, 0.717) is 11.3 Å². The summed E-state index contributed by atoms with van der Waals surface area (Å²) in [4.78, 5) is 0. The topological polar surface area (TPSA) is 26.0 Å². The predicted octanol–water partition coefficient (Wildman–Crippen LogP) is 5.53. The zero-order valence-corrected chi connectivity index (χ0v) is 14.0. The summed E-state index contributed by atoms with van der Waals surface area (Å²) in [5, 5.41) is 0. The van der Waals surface area contributed by atoms with Gasteiger partial charge in [-0.1, -0.05) is 78.1 Å². The van der Waals surface area contributed by atoms with Gasteiger partial charge in [-0.25, -0.2) is 0 Å². The first-order valence-corrected chi connectivity index (χ1v) is 9.36. The maximum Gasteiger partial charge on any atom is -0.00463 e. The molecule has 0 aromatic carbocycles. The van der Waals surface area contributed by atoms with E-state index in [0.717, 1.165) is 18.4 Å². The molecule has 0 bridgehead atoms. The molecule has 0 saturated heterocycles. The average molecular weight is 280 g/mol. The highest BCUT2D eigenvalue weighted by Crippen LogP contribution is 2.48. The molecule has 3 unspecified atom stereocenters. The van der Waals surface area contributed by atoms with E-state index in [-0.39, 0.29) is 0 Å². The van der Waals surface area contributed by atoms with Gasteiger partial charge in [-0.2, -0.15) is 0 Å². The lowest BCUT2D eigenvalue weighted by Gasteiger charge is -2.45. The largest absolute Gasteiger partial charge is 0.330 e. The van der Waals surface area contributed by atoms with Crippen LogP contribution in [0.4, 0.5) is 0 Å². The van der Waals surface area contributed by atoms with Crippen LogP contribution in [0, 0.1) is 23.2 Å². The Morgan fingerprint density at radius 1 is 0.900 bits per heavy atom. The first-order chi connectivity index (χ1) is 9.65. The molecule has 1 nitrogen and oxygen atoms in total. The highest BCUT2D eigenvalue weighted by Gasteiger charge is 2.38. The molecule has 1 heteroatoms. The summed E-state index contributed by atoms with van der Waals surface area (Å²) in [5.41, 5.74) is 6.50. The molecule has 20 heavy (non-hydrogen) atoms. The summed E-state index contributed by atoms with van der Waals surface area (Å²) in [5.74, 6) is 2.72. The van der Waals surface area contributed by atoms with Crippen molar-refractivity contribution in [3.05, 3.63) is 0 Å². The molecule has 0 aromatic heterocycles. The molecule has 0 heterocycles. The van der Waals surface area contributed by atoms with Gasteiger partial charge in [-0.15, -0.1) is 0 Å². The Balaban J connectivity index is 1.95. The molecule has 2 aliphatic rings. The molecule has 118 valence electrons. The standard InChI is InChI=1S/C19H37N/c1-16(15-20)19(2)13-9-12-18(14-19)17-10-7-5-3-4-6-8-11-17/h16-18H,3-15,20H2,1-2H3. The second kappa shape index (κ2) is 7.82. The number of rotatable bonds is 3. The lowest BCUT2D eigenvalue weighted by molar-refractivity contribution is 0.0640. The lowest BCUT2D eigenvalue weighted by Crippen LogP contribution is -2.37. The summed E-state index contributed by atoms with van der Waals surface area (Å²) < 4.78 is 0. The van der Waals surface area contributed by atoms with Gasteiger partial charge in [0.25, 0.3) is 0 Å². The summed E-state index contributed by atoms with van der Waals surface area (Å²) in [6.45, 7) is 5.77. The second-order valence-electron chi connectivity index (χ2n) is 8.11. The number of hydrogen-bond acceptors (Lipinski definition) is 1. The van der Waals surface area contributed by atoms with Crippen LogP contribution < -0.4 is 5.73 Å². The maximum atomic E-state index is 5.98. The Morgan fingerprint density at radius 3 is 2.05 bits per heavy atom. The monoisotopic (exact) mass is 279 g/mol. The summed E-state index contributed by atoms with van der Waals surface area (Å²) in [6, 6.07) is 0. The predicted molar refractivity (Wildman–Crippen MR) is 88.7 cm³/mol. The van der Waals surface area contributed by atoms with Gasteiger partial charge < -0.3 is 5.73 Å². The molecule has 0 aromatic rings. The van der Waals surface area contributed by atoms with E-state index in [4.69, 9.17) is 5.73 Å². The first-order valence-electron chi connectivity index (χ1n) is 9.36. The van der Waals surface area contributed by atoms with E-state index in [1.165, 1.54) is 77.0 Å². The SMILES string of the molecule is CC(CN)C1(C)CCCC(C2CCCCCCCC2)C1. The highest BCUT2D eigenvalue weighted by molar-refractivity contribution is 4.89. The Labute approximate surface area is 127 Å². The fourth-order valence-corrected chi connectivity index (χ4v) is 4.84. The summed E-state index contributed by atoms with van der Waals surface area (Å²) >= 11 is 0. The summed E-state index contributed by atoms with van der Waals surface area (Å²) in [7, 11) is 0. The van der Waals surface area contributed by atoms with Crippen molar-refractivity contribution in [3.8, 4) is 0 Å². The van der Waals surface area contributed by atoms with Gasteiger partial charge in [0.15, 0.2) is 0 Å². The lowest BCUT2D eigenvalue weighted by atomic mass is 9.61. The van der Waals surface area contributed by atoms with Crippen molar-refractivity contribution in [2.24, 2.45) is 28.9 Å².